The van der Waals surface area contributed by atoms with Crippen molar-refractivity contribution in [2.24, 2.45) is 5.84 Å². The topological polar surface area (TPSA) is 88.8 Å². The van der Waals surface area contributed by atoms with Gasteiger partial charge in [0.05, 0.1) is 12.8 Å². The molecule has 2 aromatic rings. The Morgan fingerprint density at radius 2 is 2.39 bits per heavy atom. The van der Waals surface area contributed by atoms with E-state index < -0.39 is 0 Å². The van der Waals surface area contributed by atoms with Crippen molar-refractivity contribution in [1.29, 1.82) is 0 Å². The van der Waals surface area contributed by atoms with Crippen molar-refractivity contribution in [2.75, 3.05) is 6.61 Å². The van der Waals surface area contributed by atoms with Crippen LogP contribution < -0.4 is 16.0 Å². The second kappa shape index (κ2) is 6.13. The lowest BCUT2D eigenvalue weighted by Crippen LogP contribution is -2.29. The van der Waals surface area contributed by atoms with E-state index in [0.29, 0.717) is 6.61 Å². The molecule has 0 radical (unpaired) electrons. The summed E-state index contributed by atoms with van der Waals surface area (Å²) in [5, 5.41) is 0. The average molecular weight is 247 g/mol. The predicted molar refractivity (Wildman–Crippen MR) is 67.8 cm³/mol. The number of hydrogen-bond donors (Lipinski definition) is 3. The normalized spacial score (nSPS) is 12.3. The van der Waals surface area contributed by atoms with Gasteiger partial charge in [-0.2, -0.15) is 0 Å². The number of hydrogen-bond acceptors (Lipinski definition) is 5. The minimum atomic E-state index is -0.224. The summed E-state index contributed by atoms with van der Waals surface area (Å²) < 4.78 is 5.55. The van der Waals surface area contributed by atoms with Crippen LogP contribution in [0.4, 0.5) is 0 Å². The Labute approximate surface area is 106 Å². The van der Waals surface area contributed by atoms with Crippen molar-refractivity contribution >= 4 is 0 Å². The van der Waals surface area contributed by atoms with Crippen LogP contribution in [0.25, 0.3) is 0 Å². The first kappa shape index (κ1) is 12.5. The van der Waals surface area contributed by atoms with E-state index in [2.05, 4.69) is 27.3 Å². The molecular weight excluding hydrogens is 230 g/mol. The molecule has 4 N–H and O–H groups in total. The zero-order chi connectivity index (χ0) is 12.8. The molecule has 0 aliphatic carbocycles. The summed E-state index contributed by atoms with van der Waals surface area (Å²) >= 11 is 0. The molecule has 2 aromatic heterocycles. The van der Waals surface area contributed by atoms with Gasteiger partial charge in [0, 0.05) is 18.6 Å². The third kappa shape index (κ3) is 2.85. The lowest BCUT2D eigenvalue weighted by Gasteiger charge is -2.14. The van der Waals surface area contributed by atoms with E-state index in [1.54, 1.807) is 24.8 Å². The fraction of sp³-hybridized carbons (Fsp3) is 0.333. The Morgan fingerprint density at radius 1 is 1.50 bits per heavy atom. The van der Waals surface area contributed by atoms with Crippen LogP contribution >= 0.6 is 0 Å². The quantitative estimate of drug-likeness (QED) is 0.526. The molecule has 0 aromatic carbocycles. The van der Waals surface area contributed by atoms with Crippen molar-refractivity contribution in [2.45, 2.75) is 19.4 Å². The van der Waals surface area contributed by atoms with Gasteiger partial charge in [-0.1, -0.05) is 6.92 Å². The smallest absolute Gasteiger partial charge is 0.137 e. The predicted octanol–water partition coefficient (Wildman–Crippen LogP) is 1.15. The van der Waals surface area contributed by atoms with Crippen LogP contribution in [0.3, 0.4) is 0 Å². The largest absolute Gasteiger partial charge is 0.492 e. The number of rotatable bonds is 6. The van der Waals surface area contributed by atoms with Gasteiger partial charge in [-0.15, -0.1) is 0 Å². The Hall–Kier alpha value is -1.92. The van der Waals surface area contributed by atoms with E-state index in [1.165, 1.54) is 0 Å². The molecule has 2 heterocycles. The maximum absolute atomic E-state index is 5.57. The second-order valence-electron chi connectivity index (χ2n) is 3.88. The minimum Gasteiger partial charge on any atom is -0.492 e. The number of ether oxygens (including phenoxy) is 1. The number of pyridine rings is 1. The van der Waals surface area contributed by atoms with E-state index in [-0.39, 0.29) is 6.04 Å². The molecule has 0 saturated carbocycles. The van der Waals surface area contributed by atoms with E-state index in [4.69, 9.17) is 10.6 Å². The third-order valence-electron chi connectivity index (χ3n) is 2.50. The molecule has 0 saturated heterocycles. The van der Waals surface area contributed by atoms with Crippen LogP contribution in [0.15, 0.2) is 30.9 Å². The van der Waals surface area contributed by atoms with Crippen LogP contribution in [0.2, 0.25) is 0 Å². The van der Waals surface area contributed by atoms with Crippen LogP contribution in [0.1, 0.15) is 30.8 Å². The Balaban J connectivity index is 2.20. The fourth-order valence-corrected chi connectivity index (χ4v) is 1.66. The molecule has 2 rings (SSSR count). The number of aromatic amines is 1. The summed E-state index contributed by atoms with van der Waals surface area (Å²) in [6.07, 6.45) is 7.83. The lowest BCUT2D eigenvalue weighted by atomic mass is 10.1. The molecule has 96 valence electrons. The van der Waals surface area contributed by atoms with Crippen LogP contribution in [0, 0.1) is 0 Å². The number of imidazole rings is 1. The highest BCUT2D eigenvalue weighted by molar-refractivity contribution is 5.29. The third-order valence-corrected chi connectivity index (χ3v) is 2.50. The zero-order valence-electron chi connectivity index (χ0n) is 10.3. The molecular formula is C12H17N5O. The molecule has 0 bridgehead atoms. The van der Waals surface area contributed by atoms with Gasteiger partial charge in [0.25, 0.3) is 0 Å². The SMILES string of the molecule is CCCOc1cncc(C(NN)c2ncc[nH]2)c1. The maximum atomic E-state index is 5.57. The summed E-state index contributed by atoms with van der Waals surface area (Å²) in [6.45, 7) is 2.73. The van der Waals surface area contributed by atoms with Crippen molar-refractivity contribution in [3.63, 3.8) is 0 Å². The van der Waals surface area contributed by atoms with Gasteiger partial charge in [-0.3, -0.25) is 10.8 Å². The van der Waals surface area contributed by atoms with E-state index >= 15 is 0 Å². The monoisotopic (exact) mass is 247 g/mol. The highest BCUT2D eigenvalue weighted by Gasteiger charge is 2.15. The number of H-pyrrole nitrogens is 1. The molecule has 6 nitrogen and oxygen atoms in total. The van der Waals surface area contributed by atoms with Gasteiger partial charge in [0.15, 0.2) is 0 Å². The lowest BCUT2D eigenvalue weighted by molar-refractivity contribution is 0.315. The number of nitrogens with one attached hydrogen (secondary N) is 2. The summed E-state index contributed by atoms with van der Waals surface area (Å²) in [5.41, 5.74) is 3.62. The number of aromatic nitrogens is 3. The Bertz CT molecular complexity index is 471. The first-order valence-corrected chi connectivity index (χ1v) is 5.88. The fourth-order valence-electron chi connectivity index (χ4n) is 1.66. The van der Waals surface area contributed by atoms with Crippen molar-refractivity contribution < 1.29 is 4.74 Å². The molecule has 0 aliphatic rings. The summed E-state index contributed by atoms with van der Waals surface area (Å²) in [7, 11) is 0. The van der Waals surface area contributed by atoms with Gasteiger partial charge in [-0.05, 0) is 18.1 Å². The Morgan fingerprint density at radius 3 is 3.06 bits per heavy atom. The first-order chi connectivity index (χ1) is 8.85. The highest BCUT2D eigenvalue weighted by Crippen LogP contribution is 2.21. The van der Waals surface area contributed by atoms with Gasteiger partial charge >= 0.3 is 0 Å². The first-order valence-electron chi connectivity index (χ1n) is 5.88. The van der Waals surface area contributed by atoms with Crippen molar-refractivity contribution in [3.05, 3.63) is 42.2 Å². The summed E-state index contributed by atoms with van der Waals surface area (Å²) in [6, 6.07) is 1.69. The minimum absolute atomic E-state index is 0.224. The molecule has 1 atom stereocenters. The molecule has 6 heteroatoms. The van der Waals surface area contributed by atoms with Crippen molar-refractivity contribution in [3.8, 4) is 5.75 Å². The van der Waals surface area contributed by atoms with Crippen LogP contribution in [-0.2, 0) is 0 Å². The maximum Gasteiger partial charge on any atom is 0.137 e. The van der Waals surface area contributed by atoms with Gasteiger partial charge in [0.2, 0.25) is 0 Å². The summed E-state index contributed by atoms with van der Waals surface area (Å²) in [4.78, 5) is 11.4. The van der Waals surface area contributed by atoms with E-state index in [0.717, 1.165) is 23.6 Å². The van der Waals surface area contributed by atoms with E-state index in [1.807, 2.05) is 6.07 Å². The molecule has 0 aliphatic heterocycles. The average Bonchev–Trinajstić information content (AvgIpc) is 2.92. The molecule has 0 amide bonds. The zero-order valence-corrected chi connectivity index (χ0v) is 10.3. The van der Waals surface area contributed by atoms with Crippen molar-refractivity contribution in [1.82, 2.24) is 20.4 Å². The van der Waals surface area contributed by atoms with Crippen LogP contribution in [-0.4, -0.2) is 21.6 Å². The second-order valence-corrected chi connectivity index (χ2v) is 3.88. The molecule has 18 heavy (non-hydrogen) atoms. The summed E-state index contributed by atoms with van der Waals surface area (Å²) in [5.74, 6) is 7.05. The van der Waals surface area contributed by atoms with Gasteiger partial charge in [-0.25, -0.2) is 10.4 Å². The van der Waals surface area contributed by atoms with Gasteiger partial charge < -0.3 is 9.72 Å². The van der Waals surface area contributed by atoms with E-state index in [9.17, 15) is 0 Å². The molecule has 1 unspecified atom stereocenters. The molecule has 0 fully saturated rings. The number of nitrogens with zero attached hydrogens (tertiary/aromatic N) is 2. The molecule has 0 spiro atoms. The number of nitrogens with two attached hydrogens (primary N) is 1. The standard InChI is InChI=1S/C12H17N5O/c1-2-5-18-10-6-9(7-14-8-10)11(17-13)12-15-3-4-16-12/h3-4,6-8,11,17H,2,5,13H2,1H3,(H,15,16). The van der Waals surface area contributed by atoms with Crippen LogP contribution in [0.5, 0.6) is 5.75 Å². The number of hydrazine groups is 1. The highest BCUT2D eigenvalue weighted by atomic mass is 16.5. The van der Waals surface area contributed by atoms with Gasteiger partial charge in [0.1, 0.15) is 17.6 Å². The Kier molecular flexibility index (Phi) is 4.27.